The molecule has 0 saturated heterocycles. The molecule has 1 atom stereocenters. The van der Waals surface area contributed by atoms with Crippen molar-refractivity contribution in [1.29, 1.82) is 0 Å². The van der Waals surface area contributed by atoms with Crippen LogP contribution in [0.25, 0.3) is 0 Å². The van der Waals surface area contributed by atoms with Gasteiger partial charge in [0.15, 0.2) is 0 Å². The van der Waals surface area contributed by atoms with Crippen molar-refractivity contribution in [3.63, 3.8) is 0 Å². The number of rotatable bonds is 13. The van der Waals surface area contributed by atoms with Crippen LogP contribution in [0.15, 0.2) is 114 Å². The first-order valence-corrected chi connectivity index (χ1v) is 17.1. The smallest absolute Gasteiger partial charge is 0.264 e. The molecular formula is C37H41N3O5S. The van der Waals surface area contributed by atoms with Gasteiger partial charge in [0, 0.05) is 19.0 Å². The number of sulfonamides is 1. The highest BCUT2D eigenvalue weighted by atomic mass is 32.2. The molecule has 1 aliphatic rings. The maximum absolute atomic E-state index is 14.6. The van der Waals surface area contributed by atoms with Crippen LogP contribution in [0.3, 0.4) is 0 Å². The Morgan fingerprint density at radius 1 is 0.848 bits per heavy atom. The molecule has 4 aromatic carbocycles. The van der Waals surface area contributed by atoms with Gasteiger partial charge in [-0.15, -0.1) is 0 Å². The molecule has 0 heterocycles. The Morgan fingerprint density at radius 3 is 2.11 bits per heavy atom. The summed E-state index contributed by atoms with van der Waals surface area (Å²) >= 11 is 0. The molecule has 8 nitrogen and oxygen atoms in total. The number of hydrogen-bond acceptors (Lipinski definition) is 5. The summed E-state index contributed by atoms with van der Waals surface area (Å²) < 4.78 is 34.7. The first-order chi connectivity index (χ1) is 22.2. The van der Waals surface area contributed by atoms with E-state index in [1.807, 2.05) is 61.5 Å². The topological polar surface area (TPSA) is 96.0 Å². The molecule has 0 radical (unpaired) electrons. The number of nitrogens with one attached hydrogen (secondary N) is 1. The van der Waals surface area contributed by atoms with E-state index in [1.165, 1.54) is 19.2 Å². The van der Waals surface area contributed by atoms with Gasteiger partial charge < -0.3 is 15.0 Å². The second-order valence-electron chi connectivity index (χ2n) is 11.7. The van der Waals surface area contributed by atoms with Gasteiger partial charge in [-0.25, -0.2) is 8.42 Å². The van der Waals surface area contributed by atoms with Crippen molar-refractivity contribution in [3.05, 3.63) is 126 Å². The number of nitrogens with zero attached hydrogens (tertiary/aromatic N) is 2. The van der Waals surface area contributed by atoms with E-state index in [0.717, 1.165) is 46.7 Å². The van der Waals surface area contributed by atoms with E-state index in [0.29, 0.717) is 11.4 Å². The molecule has 1 fully saturated rings. The van der Waals surface area contributed by atoms with Crippen LogP contribution in [0.1, 0.15) is 42.4 Å². The molecule has 9 heteroatoms. The fourth-order valence-electron chi connectivity index (χ4n) is 5.93. The Bertz CT molecular complexity index is 1710. The summed E-state index contributed by atoms with van der Waals surface area (Å²) in [5, 5.41) is 3.21. The molecule has 5 rings (SSSR count). The lowest BCUT2D eigenvalue weighted by atomic mass is 10.0. The summed E-state index contributed by atoms with van der Waals surface area (Å²) in [5.74, 6) is -0.200. The number of anilines is 1. The van der Waals surface area contributed by atoms with Crippen LogP contribution in [0.5, 0.6) is 5.75 Å². The number of aryl methyl sites for hydroxylation is 1. The van der Waals surface area contributed by atoms with Crippen molar-refractivity contribution in [1.82, 2.24) is 10.2 Å². The second-order valence-corrected chi connectivity index (χ2v) is 13.6. The average molecular weight is 640 g/mol. The third-order valence-corrected chi connectivity index (χ3v) is 10.2. The van der Waals surface area contributed by atoms with E-state index >= 15 is 0 Å². The Labute approximate surface area is 272 Å². The van der Waals surface area contributed by atoms with E-state index in [2.05, 4.69) is 5.32 Å². The lowest BCUT2D eigenvalue weighted by molar-refractivity contribution is -0.140. The van der Waals surface area contributed by atoms with E-state index in [1.54, 1.807) is 47.4 Å². The number of benzene rings is 4. The number of carbonyl (C=O) groups excluding carboxylic acids is 2. The number of amides is 2. The quantitative estimate of drug-likeness (QED) is 0.197. The lowest BCUT2D eigenvalue weighted by Gasteiger charge is -2.34. The van der Waals surface area contributed by atoms with E-state index < -0.39 is 28.5 Å². The summed E-state index contributed by atoms with van der Waals surface area (Å²) in [5.41, 5.74) is 3.12. The molecule has 46 heavy (non-hydrogen) atoms. The fourth-order valence-corrected chi connectivity index (χ4v) is 7.34. The number of carbonyl (C=O) groups is 2. The predicted molar refractivity (Wildman–Crippen MR) is 180 cm³/mol. The first-order valence-electron chi connectivity index (χ1n) is 15.7. The Balaban J connectivity index is 1.55. The van der Waals surface area contributed by atoms with Gasteiger partial charge in [-0.3, -0.25) is 13.9 Å². The van der Waals surface area contributed by atoms with E-state index in [9.17, 15) is 18.0 Å². The van der Waals surface area contributed by atoms with E-state index in [-0.39, 0.29) is 29.8 Å². The van der Waals surface area contributed by atoms with Crippen molar-refractivity contribution in [2.45, 2.75) is 62.6 Å². The van der Waals surface area contributed by atoms with Gasteiger partial charge in [-0.05, 0) is 67.3 Å². The van der Waals surface area contributed by atoms with Crippen LogP contribution < -0.4 is 14.4 Å². The lowest BCUT2D eigenvalue weighted by Crippen LogP contribution is -2.54. The fraction of sp³-hybridized carbons (Fsp3) is 0.297. The monoisotopic (exact) mass is 639 g/mol. The van der Waals surface area contributed by atoms with Crippen LogP contribution in [-0.2, 0) is 32.6 Å². The van der Waals surface area contributed by atoms with Gasteiger partial charge in [0.1, 0.15) is 18.3 Å². The first kappa shape index (κ1) is 32.8. The SMILES string of the molecule is COc1ccc(S(=O)(=O)N(CC(=O)N(Cc2cccc(C)c2)[C@H](Cc2ccccc2)C(=O)NC2CCCC2)c2ccccc2)cc1. The minimum Gasteiger partial charge on any atom is -0.497 e. The van der Waals surface area contributed by atoms with Gasteiger partial charge >= 0.3 is 0 Å². The molecule has 2 amide bonds. The Kier molecular flexibility index (Phi) is 10.8. The highest BCUT2D eigenvalue weighted by Crippen LogP contribution is 2.27. The van der Waals surface area contributed by atoms with Crippen LogP contribution in [0.4, 0.5) is 5.69 Å². The number of methoxy groups -OCH3 is 1. The Hall–Kier alpha value is -4.63. The molecule has 0 aromatic heterocycles. The van der Waals surface area contributed by atoms with Crippen molar-refractivity contribution in [2.75, 3.05) is 18.0 Å². The Morgan fingerprint density at radius 2 is 1.48 bits per heavy atom. The van der Waals surface area contributed by atoms with Gasteiger partial charge in [-0.1, -0.05) is 91.2 Å². The van der Waals surface area contributed by atoms with Crippen molar-refractivity contribution in [3.8, 4) is 5.75 Å². The number of ether oxygens (including phenoxy) is 1. The average Bonchev–Trinajstić information content (AvgIpc) is 3.59. The second kappa shape index (κ2) is 15.1. The van der Waals surface area contributed by atoms with Crippen molar-refractivity contribution >= 4 is 27.5 Å². The third-order valence-electron chi connectivity index (χ3n) is 8.38. The molecular weight excluding hydrogens is 598 g/mol. The summed E-state index contributed by atoms with van der Waals surface area (Å²) in [4.78, 5) is 30.3. The summed E-state index contributed by atoms with van der Waals surface area (Å²) in [6.07, 6.45) is 4.19. The molecule has 0 aliphatic heterocycles. The minimum atomic E-state index is -4.18. The predicted octanol–water partition coefficient (Wildman–Crippen LogP) is 5.90. The van der Waals surface area contributed by atoms with Crippen LogP contribution in [0, 0.1) is 6.92 Å². The molecule has 1 aliphatic carbocycles. The number of hydrogen-bond donors (Lipinski definition) is 1. The van der Waals surface area contributed by atoms with Gasteiger partial charge in [0.2, 0.25) is 11.8 Å². The molecule has 1 N–H and O–H groups in total. The molecule has 0 unspecified atom stereocenters. The van der Waals surface area contributed by atoms with Crippen LogP contribution >= 0.6 is 0 Å². The molecule has 0 bridgehead atoms. The van der Waals surface area contributed by atoms with Gasteiger partial charge in [0.25, 0.3) is 10.0 Å². The standard InChI is InChI=1S/C37H41N3O5S/c1-28-12-11-15-30(24-28)26-39(35(25-29-13-5-3-6-14-29)37(42)38-31-16-9-10-17-31)36(41)27-40(32-18-7-4-8-19-32)46(43,44)34-22-20-33(45-2)21-23-34/h3-8,11-15,18-24,31,35H,9-10,16-17,25-27H2,1-2H3,(H,38,42)/t35-/m1/s1. The summed E-state index contributed by atoms with van der Waals surface area (Å²) in [6, 6.07) is 31.2. The maximum atomic E-state index is 14.6. The van der Waals surface area contributed by atoms with E-state index in [4.69, 9.17) is 4.74 Å². The molecule has 0 spiro atoms. The van der Waals surface area contributed by atoms with Gasteiger partial charge in [0.05, 0.1) is 17.7 Å². The molecule has 1 saturated carbocycles. The van der Waals surface area contributed by atoms with Gasteiger partial charge in [-0.2, -0.15) is 0 Å². The maximum Gasteiger partial charge on any atom is 0.264 e. The largest absolute Gasteiger partial charge is 0.497 e. The van der Waals surface area contributed by atoms with Crippen molar-refractivity contribution < 1.29 is 22.7 Å². The zero-order valence-electron chi connectivity index (χ0n) is 26.3. The summed E-state index contributed by atoms with van der Waals surface area (Å²) in [6.45, 7) is 1.62. The third kappa shape index (κ3) is 8.14. The highest BCUT2D eigenvalue weighted by molar-refractivity contribution is 7.92. The van der Waals surface area contributed by atoms with Crippen LogP contribution in [-0.4, -0.2) is 50.9 Å². The zero-order chi connectivity index (χ0) is 32.5. The van der Waals surface area contributed by atoms with Crippen LogP contribution in [0.2, 0.25) is 0 Å². The minimum absolute atomic E-state index is 0.0231. The number of para-hydroxylation sites is 1. The van der Waals surface area contributed by atoms with Crippen molar-refractivity contribution in [2.24, 2.45) is 0 Å². The zero-order valence-corrected chi connectivity index (χ0v) is 27.2. The highest BCUT2D eigenvalue weighted by Gasteiger charge is 2.35. The molecule has 240 valence electrons. The normalized spacial score (nSPS) is 14.0. The summed E-state index contributed by atoms with van der Waals surface area (Å²) in [7, 11) is -2.67. The molecule has 4 aromatic rings.